The molecule has 0 saturated carbocycles. The first-order valence-corrected chi connectivity index (χ1v) is 5.88. The molecule has 98 valence electrons. The van der Waals surface area contributed by atoms with Gasteiger partial charge in [0.15, 0.2) is 0 Å². The first-order chi connectivity index (χ1) is 8.45. The molecule has 0 aromatic heterocycles. The number of carbonyl (C=O) groups is 2. The smallest absolute Gasteiger partial charge is 0.396 e. The molecule has 0 unspecified atom stereocenters. The molecule has 0 fully saturated rings. The van der Waals surface area contributed by atoms with Gasteiger partial charge in [-0.15, -0.1) is 0 Å². The molecule has 1 aromatic carbocycles. The van der Waals surface area contributed by atoms with E-state index in [1.807, 2.05) is 0 Å². The fourth-order valence-corrected chi connectivity index (χ4v) is 2.07. The van der Waals surface area contributed by atoms with Crippen molar-refractivity contribution in [3.05, 3.63) is 34.4 Å². The summed E-state index contributed by atoms with van der Waals surface area (Å²) in [5.41, 5.74) is 4.86. The Morgan fingerprint density at radius 1 is 1.17 bits per heavy atom. The van der Waals surface area contributed by atoms with Crippen LogP contribution in [0.25, 0.3) is 0 Å². The van der Waals surface area contributed by atoms with Crippen molar-refractivity contribution >= 4 is 11.9 Å². The number of carbonyl (C=O) groups excluding carboxylic acids is 2. The molecule has 1 amide bonds. The van der Waals surface area contributed by atoms with E-state index >= 15 is 0 Å². The second-order valence-electron chi connectivity index (χ2n) is 4.37. The maximum absolute atomic E-state index is 11.2. The number of nitrogens with one attached hydrogen (secondary N) is 1. The molecule has 1 rings (SSSR count). The molecule has 18 heavy (non-hydrogen) atoms. The number of esters is 1. The predicted octanol–water partition coefficient (Wildman–Crippen LogP) is 1.44. The molecule has 0 atom stereocenters. The van der Waals surface area contributed by atoms with E-state index < -0.39 is 11.9 Å². The van der Waals surface area contributed by atoms with Crippen molar-refractivity contribution in [2.24, 2.45) is 0 Å². The largest absolute Gasteiger partial charge is 0.462 e. The highest BCUT2D eigenvalue weighted by Crippen LogP contribution is 2.16. The number of aryl methyl sites for hydroxylation is 3. The lowest BCUT2D eigenvalue weighted by molar-refractivity contribution is -0.152. The molecular formula is C14H19NO3. The van der Waals surface area contributed by atoms with Gasteiger partial charge in [-0.2, -0.15) is 0 Å². The van der Waals surface area contributed by atoms with Gasteiger partial charge in [0.25, 0.3) is 0 Å². The molecule has 1 N–H and O–H groups in total. The average molecular weight is 249 g/mol. The van der Waals surface area contributed by atoms with Crippen molar-refractivity contribution in [2.45, 2.75) is 27.2 Å². The summed E-state index contributed by atoms with van der Waals surface area (Å²) < 4.78 is 4.33. The van der Waals surface area contributed by atoms with Gasteiger partial charge >= 0.3 is 11.9 Å². The lowest BCUT2D eigenvalue weighted by atomic mass is 9.97. The Morgan fingerprint density at radius 3 is 2.22 bits per heavy atom. The Morgan fingerprint density at radius 2 is 1.72 bits per heavy atom. The van der Waals surface area contributed by atoms with Crippen LogP contribution < -0.4 is 5.32 Å². The summed E-state index contributed by atoms with van der Waals surface area (Å²) >= 11 is 0. The zero-order valence-corrected chi connectivity index (χ0v) is 11.3. The number of benzene rings is 1. The van der Waals surface area contributed by atoms with Crippen molar-refractivity contribution in [1.82, 2.24) is 5.32 Å². The zero-order chi connectivity index (χ0) is 13.7. The summed E-state index contributed by atoms with van der Waals surface area (Å²) in [4.78, 5) is 22.1. The van der Waals surface area contributed by atoms with Gasteiger partial charge in [0.05, 0.1) is 7.11 Å². The fourth-order valence-electron chi connectivity index (χ4n) is 2.07. The molecule has 4 heteroatoms. The number of methoxy groups -OCH3 is 1. The van der Waals surface area contributed by atoms with E-state index in [0.717, 1.165) is 0 Å². The Balaban J connectivity index is 2.60. The minimum atomic E-state index is -0.854. The fraction of sp³-hybridized carbons (Fsp3) is 0.429. The molecule has 0 bridgehead atoms. The summed E-state index contributed by atoms with van der Waals surface area (Å²) in [5, 5.41) is 2.54. The van der Waals surface area contributed by atoms with Crippen molar-refractivity contribution in [3.63, 3.8) is 0 Å². The third kappa shape index (κ3) is 3.58. The molecule has 0 aliphatic carbocycles. The summed E-state index contributed by atoms with van der Waals surface area (Å²) in [6.07, 6.45) is 0.709. The highest BCUT2D eigenvalue weighted by Gasteiger charge is 2.12. The molecule has 1 aromatic rings. The Bertz CT molecular complexity index is 443. The lowest BCUT2D eigenvalue weighted by Crippen LogP contribution is -2.33. The molecule has 0 spiro atoms. The SMILES string of the molecule is COC(=O)C(=O)NCCc1c(C)cc(C)cc1C. The molecular weight excluding hydrogens is 230 g/mol. The lowest BCUT2D eigenvalue weighted by Gasteiger charge is -2.11. The van der Waals surface area contributed by atoms with Gasteiger partial charge in [0, 0.05) is 6.54 Å². The highest BCUT2D eigenvalue weighted by atomic mass is 16.5. The van der Waals surface area contributed by atoms with Crippen LogP contribution in [0.15, 0.2) is 12.1 Å². The number of amides is 1. The predicted molar refractivity (Wildman–Crippen MR) is 69.4 cm³/mol. The van der Waals surface area contributed by atoms with Gasteiger partial charge in [-0.05, 0) is 43.9 Å². The Kier molecular flexibility index (Phi) is 4.89. The van der Waals surface area contributed by atoms with E-state index in [-0.39, 0.29) is 0 Å². The molecule has 0 saturated heterocycles. The van der Waals surface area contributed by atoms with E-state index in [2.05, 4.69) is 43.0 Å². The summed E-state index contributed by atoms with van der Waals surface area (Å²) in [5.74, 6) is -1.55. The third-order valence-electron chi connectivity index (χ3n) is 2.87. The van der Waals surface area contributed by atoms with Crippen LogP contribution in [-0.2, 0) is 20.7 Å². The van der Waals surface area contributed by atoms with Crippen LogP contribution in [0.3, 0.4) is 0 Å². The van der Waals surface area contributed by atoms with Crippen molar-refractivity contribution in [1.29, 1.82) is 0 Å². The normalized spacial score (nSPS) is 10.0. The van der Waals surface area contributed by atoms with Crippen LogP contribution in [0.4, 0.5) is 0 Å². The average Bonchev–Trinajstić information content (AvgIpc) is 2.31. The van der Waals surface area contributed by atoms with E-state index in [9.17, 15) is 9.59 Å². The van der Waals surface area contributed by atoms with Gasteiger partial charge in [-0.25, -0.2) is 4.79 Å². The van der Waals surface area contributed by atoms with Crippen LogP contribution >= 0.6 is 0 Å². The third-order valence-corrected chi connectivity index (χ3v) is 2.87. The second kappa shape index (κ2) is 6.19. The Labute approximate surface area is 107 Å². The van der Waals surface area contributed by atoms with E-state index in [0.29, 0.717) is 13.0 Å². The molecule has 0 aliphatic rings. The first-order valence-electron chi connectivity index (χ1n) is 5.88. The standard InChI is InChI=1S/C14H19NO3/c1-9-7-10(2)12(11(3)8-9)5-6-15-13(16)14(17)18-4/h7-8H,5-6H2,1-4H3,(H,15,16). The molecule has 0 aliphatic heterocycles. The van der Waals surface area contributed by atoms with Gasteiger partial charge < -0.3 is 10.1 Å². The molecule has 0 heterocycles. The topological polar surface area (TPSA) is 55.4 Å². The maximum atomic E-state index is 11.2. The van der Waals surface area contributed by atoms with Gasteiger partial charge in [0.2, 0.25) is 0 Å². The Hall–Kier alpha value is -1.84. The van der Waals surface area contributed by atoms with Crippen LogP contribution in [0, 0.1) is 20.8 Å². The van der Waals surface area contributed by atoms with Gasteiger partial charge in [-0.1, -0.05) is 17.7 Å². The number of ether oxygens (including phenoxy) is 1. The van der Waals surface area contributed by atoms with Gasteiger partial charge in [0.1, 0.15) is 0 Å². The van der Waals surface area contributed by atoms with Gasteiger partial charge in [-0.3, -0.25) is 4.79 Å². The number of hydrogen-bond acceptors (Lipinski definition) is 3. The molecule has 4 nitrogen and oxygen atoms in total. The second-order valence-corrected chi connectivity index (χ2v) is 4.37. The zero-order valence-electron chi connectivity index (χ0n) is 11.3. The quantitative estimate of drug-likeness (QED) is 0.651. The summed E-state index contributed by atoms with van der Waals surface area (Å²) in [7, 11) is 1.19. The van der Waals surface area contributed by atoms with E-state index in [1.54, 1.807) is 0 Å². The highest BCUT2D eigenvalue weighted by molar-refractivity contribution is 6.32. The van der Waals surface area contributed by atoms with Crippen molar-refractivity contribution in [3.8, 4) is 0 Å². The molecule has 0 radical (unpaired) electrons. The van der Waals surface area contributed by atoms with E-state index in [1.165, 1.54) is 29.4 Å². The minimum Gasteiger partial charge on any atom is -0.462 e. The van der Waals surface area contributed by atoms with E-state index in [4.69, 9.17) is 0 Å². The summed E-state index contributed by atoms with van der Waals surface area (Å²) in [6, 6.07) is 4.23. The minimum absolute atomic E-state index is 0.429. The summed E-state index contributed by atoms with van der Waals surface area (Å²) in [6.45, 7) is 6.59. The van der Waals surface area contributed by atoms with Crippen LogP contribution in [0.5, 0.6) is 0 Å². The van der Waals surface area contributed by atoms with Crippen molar-refractivity contribution in [2.75, 3.05) is 13.7 Å². The van der Waals surface area contributed by atoms with Crippen LogP contribution in [-0.4, -0.2) is 25.5 Å². The number of hydrogen-bond donors (Lipinski definition) is 1. The monoisotopic (exact) mass is 249 g/mol. The van der Waals surface area contributed by atoms with Crippen molar-refractivity contribution < 1.29 is 14.3 Å². The number of rotatable bonds is 3. The maximum Gasteiger partial charge on any atom is 0.396 e. The van der Waals surface area contributed by atoms with Crippen LogP contribution in [0.1, 0.15) is 22.3 Å². The van der Waals surface area contributed by atoms with Crippen LogP contribution in [0.2, 0.25) is 0 Å². The first kappa shape index (κ1) is 14.2.